The summed E-state index contributed by atoms with van der Waals surface area (Å²) in [4.78, 5) is 39.4. The minimum absolute atomic E-state index is 0. The van der Waals surface area contributed by atoms with E-state index in [1.807, 2.05) is 0 Å². The van der Waals surface area contributed by atoms with Crippen LogP contribution in [0.2, 0.25) is 0 Å². The van der Waals surface area contributed by atoms with Crippen molar-refractivity contribution in [3.05, 3.63) is 9.81 Å². The van der Waals surface area contributed by atoms with Crippen molar-refractivity contribution in [2.45, 2.75) is 39.8 Å². The van der Waals surface area contributed by atoms with Crippen molar-refractivity contribution >= 4 is 49.7 Å². The molecule has 0 heterocycles. The molecule has 8 nitrogen and oxygen atoms in total. The van der Waals surface area contributed by atoms with E-state index in [1.54, 1.807) is 27.7 Å². The molecule has 0 spiro atoms. The van der Waals surface area contributed by atoms with Gasteiger partial charge in [-0.2, -0.15) is 9.81 Å². The van der Waals surface area contributed by atoms with Crippen LogP contribution < -0.4 is 10.2 Å². The summed E-state index contributed by atoms with van der Waals surface area (Å²) in [6.07, 6.45) is 0. The van der Waals surface area contributed by atoms with Crippen LogP contribution in [-0.4, -0.2) is 61.8 Å². The summed E-state index contributed by atoms with van der Waals surface area (Å²) in [6, 6.07) is -2.41. The number of rotatable bonds is 6. The first-order valence-electron chi connectivity index (χ1n) is 5.25. The van der Waals surface area contributed by atoms with E-state index in [2.05, 4.69) is 10.4 Å². The third-order valence-electron chi connectivity index (χ3n) is 1.97. The molecule has 0 N–H and O–H groups in total. The van der Waals surface area contributed by atoms with E-state index in [-0.39, 0.29) is 49.6 Å². The minimum atomic E-state index is -1.40. The van der Waals surface area contributed by atoms with E-state index in [1.165, 1.54) is 0 Å². The van der Waals surface area contributed by atoms with E-state index in [0.29, 0.717) is 0 Å². The molecule has 0 aliphatic rings. The van der Waals surface area contributed by atoms with Gasteiger partial charge in [-0.25, -0.2) is 0 Å². The number of carbonyl (C=O) groups is 2. The Morgan fingerprint density at radius 2 is 1.00 bits per heavy atom. The molecule has 0 saturated carbocycles. The van der Waals surface area contributed by atoms with Gasteiger partial charge < -0.3 is 19.8 Å². The Morgan fingerprint density at radius 1 is 0.789 bits per heavy atom. The standard InChI is InChI=1S/2C5H9NO3.Ca/c2*1-3(2)4(6-9)5(7)8;/h2*3-4H,1-2H3,(H,7,8);/q;;+2/p-2/t2*4-;/m00./s1. The van der Waals surface area contributed by atoms with Crippen LogP contribution in [0, 0.1) is 21.6 Å². The molecule has 0 radical (unpaired) electrons. The summed E-state index contributed by atoms with van der Waals surface area (Å²) in [5, 5.41) is 24.7. The zero-order chi connectivity index (χ0) is 14.9. The smallest absolute Gasteiger partial charge is 0.548 e. The van der Waals surface area contributed by atoms with Gasteiger partial charge in [0.2, 0.25) is 0 Å². The molecule has 0 unspecified atom stereocenters. The van der Waals surface area contributed by atoms with Crippen LogP contribution in [0.5, 0.6) is 0 Å². The molecule has 0 aromatic rings. The Kier molecular flexibility index (Phi) is 15.4. The van der Waals surface area contributed by atoms with Crippen molar-refractivity contribution in [2.75, 3.05) is 0 Å². The van der Waals surface area contributed by atoms with Crippen molar-refractivity contribution in [3.8, 4) is 0 Å². The number of nitrogens with zero attached hydrogens (tertiary/aromatic N) is 2. The van der Waals surface area contributed by atoms with Crippen LogP contribution in [-0.2, 0) is 9.59 Å². The second-order valence-electron chi connectivity index (χ2n) is 4.23. The number of hydrogen-bond donors (Lipinski definition) is 0. The fraction of sp³-hybridized carbons (Fsp3) is 0.800. The van der Waals surface area contributed by atoms with Gasteiger partial charge in [-0.1, -0.05) is 38.0 Å². The maximum absolute atomic E-state index is 9.97. The van der Waals surface area contributed by atoms with E-state index in [0.717, 1.165) is 0 Å². The molecule has 0 aromatic carbocycles. The van der Waals surface area contributed by atoms with Gasteiger partial charge in [-0.05, 0) is 11.8 Å². The minimum Gasteiger partial charge on any atom is -0.548 e. The van der Waals surface area contributed by atoms with Gasteiger partial charge in [-0.15, -0.1) is 0 Å². The Balaban J connectivity index is -0.000000256. The van der Waals surface area contributed by atoms with Crippen molar-refractivity contribution in [3.63, 3.8) is 0 Å². The molecular weight excluding hydrogens is 284 g/mol. The molecule has 19 heavy (non-hydrogen) atoms. The molecule has 0 amide bonds. The van der Waals surface area contributed by atoms with Gasteiger partial charge in [0.15, 0.2) is 0 Å². The SMILES string of the molecule is CC(C)[C@H](N=O)C(=O)[O-].CC(C)[C@H](N=O)C(=O)[O-].[Ca+2]. The molecule has 0 saturated heterocycles. The van der Waals surface area contributed by atoms with Gasteiger partial charge in [0.1, 0.15) is 12.1 Å². The maximum Gasteiger partial charge on any atom is 2.00 e. The number of carboxylic acid groups (broad SMARTS) is 2. The molecule has 0 fully saturated rings. The second-order valence-corrected chi connectivity index (χ2v) is 4.23. The van der Waals surface area contributed by atoms with Crippen molar-refractivity contribution < 1.29 is 19.8 Å². The van der Waals surface area contributed by atoms with E-state index in [4.69, 9.17) is 0 Å². The zero-order valence-electron chi connectivity index (χ0n) is 11.4. The Bertz CT molecular complexity index is 278. The summed E-state index contributed by atoms with van der Waals surface area (Å²) in [5.41, 5.74) is 0. The van der Waals surface area contributed by atoms with Crippen LogP contribution in [0.4, 0.5) is 0 Å². The normalized spacial score (nSPS) is 12.5. The summed E-state index contributed by atoms with van der Waals surface area (Å²) in [6.45, 7) is 6.40. The van der Waals surface area contributed by atoms with Crippen molar-refractivity contribution in [1.82, 2.24) is 0 Å². The summed E-state index contributed by atoms with van der Waals surface area (Å²) >= 11 is 0. The largest absolute Gasteiger partial charge is 2.00 e. The Morgan fingerprint density at radius 3 is 1.00 bits per heavy atom. The molecule has 0 aromatic heterocycles. The van der Waals surface area contributed by atoms with Crippen LogP contribution in [0.3, 0.4) is 0 Å². The fourth-order valence-electron chi connectivity index (χ4n) is 0.874. The first-order chi connectivity index (χ1) is 8.18. The number of carboxylic acids is 2. The van der Waals surface area contributed by atoms with Crippen LogP contribution >= 0.6 is 0 Å². The summed E-state index contributed by atoms with van der Waals surface area (Å²) < 4.78 is 0. The van der Waals surface area contributed by atoms with Gasteiger partial charge >= 0.3 is 37.7 Å². The van der Waals surface area contributed by atoms with Gasteiger partial charge in [0.25, 0.3) is 0 Å². The van der Waals surface area contributed by atoms with Crippen LogP contribution in [0.15, 0.2) is 10.4 Å². The topological polar surface area (TPSA) is 139 Å². The monoisotopic (exact) mass is 300 g/mol. The number of hydrogen-bond acceptors (Lipinski definition) is 8. The number of carbonyl (C=O) groups excluding carboxylic acids is 2. The number of aliphatic carboxylic acids is 2. The fourth-order valence-corrected chi connectivity index (χ4v) is 0.874. The zero-order valence-corrected chi connectivity index (χ0v) is 13.6. The van der Waals surface area contributed by atoms with Crippen molar-refractivity contribution in [1.29, 1.82) is 0 Å². The average Bonchev–Trinajstić information content (AvgIpc) is 2.17. The molecule has 0 bridgehead atoms. The van der Waals surface area contributed by atoms with Crippen molar-refractivity contribution in [2.24, 2.45) is 22.2 Å². The van der Waals surface area contributed by atoms with Gasteiger partial charge in [-0.3, -0.25) is 0 Å². The Hall–Kier alpha value is -0.600. The predicted octanol–water partition coefficient (Wildman–Crippen LogP) is -1.33. The Labute approximate surface area is 140 Å². The molecule has 0 rings (SSSR count). The van der Waals surface area contributed by atoms with Gasteiger partial charge in [0.05, 0.1) is 11.9 Å². The first kappa shape index (κ1) is 23.5. The molecule has 0 aliphatic heterocycles. The predicted molar refractivity (Wildman–Crippen MR) is 64.6 cm³/mol. The first-order valence-corrected chi connectivity index (χ1v) is 5.25. The quantitative estimate of drug-likeness (QED) is 0.440. The second kappa shape index (κ2) is 12.4. The molecule has 0 aliphatic carbocycles. The maximum atomic E-state index is 9.97. The number of nitroso groups, excluding NO2 is 2. The van der Waals surface area contributed by atoms with Gasteiger partial charge in [0, 0.05) is 0 Å². The third kappa shape index (κ3) is 11.0. The van der Waals surface area contributed by atoms with Crippen LogP contribution in [0.25, 0.3) is 0 Å². The van der Waals surface area contributed by atoms with E-state index in [9.17, 15) is 29.6 Å². The van der Waals surface area contributed by atoms with E-state index < -0.39 is 24.0 Å². The summed E-state index contributed by atoms with van der Waals surface area (Å²) in [5.74, 6) is -3.38. The van der Waals surface area contributed by atoms with Crippen LogP contribution in [0.1, 0.15) is 27.7 Å². The van der Waals surface area contributed by atoms with E-state index >= 15 is 0 Å². The molecule has 2 atom stereocenters. The third-order valence-corrected chi connectivity index (χ3v) is 1.97. The summed E-state index contributed by atoms with van der Waals surface area (Å²) in [7, 11) is 0. The average molecular weight is 300 g/mol. The molecular formula is C10H16CaN2O6. The molecule has 9 heteroatoms. The molecule has 104 valence electrons.